The molecule has 0 radical (unpaired) electrons. The van der Waals surface area contributed by atoms with Crippen molar-refractivity contribution in [3.63, 3.8) is 0 Å². The number of hydrogen-bond acceptors (Lipinski definition) is 3. The van der Waals surface area contributed by atoms with Gasteiger partial charge < -0.3 is 9.80 Å². The van der Waals surface area contributed by atoms with Crippen LogP contribution in [0.15, 0.2) is 0 Å². The molecule has 4 heteroatoms. The van der Waals surface area contributed by atoms with Crippen LogP contribution >= 0.6 is 0 Å². The van der Waals surface area contributed by atoms with E-state index in [0.717, 1.165) is 19.5 Å². The SMILES string of the molecule is CCC1NC(C(C)C)C(=O)N1CCN1CCCCC1. The van der Waals surface area contributed by atoms with Crippen LogP contribution in [0.3, 0.4) is 0 Å². The molecule has 0 spiro atoms. The predicted octanol–water partition coefficient (Wildman–Crippen LogP) is 1.66. The number of piperidine rings is 1. The van der Waals surface area contributed by atoms with E-state index in [9.17, 15) is 4.79 Å². The molecule has 2 saturated heterocycles. The largest absolute Gasteiger partial charge is 0.325 e. The van der Waals surface area contributed by atoms with Crippen molar-refractivity contribution in [2.24, 2.45) is 5.92 Å². The minimum absolute atomic E-state index is 0.0197. The van der Waals surface area contributed by atoms with Gasteiger partial charge in [0.25, 0.3) is 0 Å². The number of nitrogens with one attached hydrogen (secondary N) is 1. The zero-order chi connectivity index (χ0) is 13.8. The number of rotatable bonds is 5. The third-order valence-corrected chi connectivity index (χ3v) is 4.46. The molecule has 0 bridgehead atoms. The van der Waals surface area contributed by atoms with Crippen LogP contribution in [-0.4, -0.2) is 54.1 Å². The normalized spacial score (nSPS) is 29.5. The molecule has 0 aromatic rings. The lowest BCUT2D eigenvalue weighted by molar-refractivity contribution is -0.131. The monoisotopic (exact) mass is 267 g/mol. The van der Waals surface area contributed by atoms with Crippen molar-refractivity contribution in [3.05, 3.63) is 0 Å². The first-order valence-electron chi connectivity index (χ1n) is 7.92. The van der Waals surface area contributed by atoms with E-state index in [0.29, 0.717) is 11.8 Å². The average Bonchev–Trinajstić information content (AvgIpc) is 2.74. The van der Waals surface area contributed by atoms with Crippen molar-refractivity contribution in [2.45, 2.75) is 58.7 Å². The molecule has 1 N–H and O–H groups in total. The summed E-state index contributed by atoms with van der Waals surface area (Å²) < 4.78 is 0. The van der Waals surface area contributed by atoms with Gasteiger partial charge in [-0.3, -0.25) is 10.1 Å². The summed E-state index contributed by atoms with van der Waals surface area (Å²) in [7, 11) is 0. The second kappa shape index (κ2) is 6.71. The van der Waals surface area contributed by atoms with Crippen LogP contribution in [0.5, 0.6) is 0 Å². The second-order valence-electron chi connectivity index (χ2n) is 6.25. The van der Waals surface area contributed by atoms with Crippen molar-refractivity contribution in [1.29, 1.82) is 0 Å². The lowest BCUT2D eigenvalue weighted by atomic mass is 10.1. The van der Waals surface area contributed by atoms with Gasteiger partial charge in [-0.05, 0) is 38.3 Å². The third-order valence-electron chi connectivity index (χ3n) is 4.46. The molecule has 2 rings (SSSR count). The fraction of sp³-hybridized carbons (Fsp3) is 0.933. The highest BCUT2D eigenvalue weighted by atomic mass is 16.2. The van der Waals surface area contributed by atoms with Crippen LogP contribution in [-0.2, 0) is 4.79 Å². The molecule has 2 unspecified atom stereocenters. The molecule has 0 saturated carbocycles. The van der Waals surface area contributed by atoms with Gasteiger partial charge in [-0.25, -0.2) is 0 Å². The van der Waals surface area contributed by atoms with E-state index < -0.39 is 0 Å². The van der Waals surface area contributed by atoms with Gasteiger partial charge in [-0.15, -0.1) is 0 Å². The van der Waals surface area contributed by atoms with Gasteiger partial charge in [0.1, 0.15) is 0 Å². The second-order valence-corrected chi connectivity index (χ2v) is 6.25. The Kier molecular flexibility index (Phi) is 5.22. The first-order valence-corrected chi connectivity index (χ1v) is 7.92. The van der Waals surface area contributed by atoms with Gasteiger partial charge >= 0.3 is 0 Å². The minimum atomic E-state index is 0.0197. The average molecular weight is 267 g/mol. The van der Waals surface area contributed by atoms with E-state index in [2.05, 4.69) is 35.9 Å². The van der Waals surface area contributed by atoms with Crippen LogP contribution < -0.4 is 5.32 Å². The number of likely N-dealkylation sites (tertiary alicyclic amines) is 1. The Balaban J connectivity index is 1.88. The lowest BCUT2D eigenvalue weighted by Crippen LogP contribution is -2.43. The maximum atomic E-state index is 12.4. The third kappa shape index (κ3) is 3.48. The van der Waals surface area contributed by atoms with E-state index in [-0.39, 0.29) is 12.2 Å². The van der Waals surface area contributed by atoms with Crippen molar-refractivity contribution in [1.82, 2.24) is 15.1 Å². The molecular formula is C15H29N3O. The molecule has 1 amide bonds. The molecule has 2 aliphatic rings. The van der Waals surface area contributed by atoms with E-state index in [1.165, 1.54) is 32.4 Å². The highest BCUT2D eigenvalue weighted by molar-refractivity contribution is 5.84. The van der Waals surface area contributed by atoms with Crippen LogP contribution in [0, 0.1) is 5.92 Å². The number of amides is 1. The Morgan fingerprint density at radius 2 is 1.89 bits per heavy atom. The number of carbonyl (C=O) groups is 1. The molecule has 2 aliphatic heterocycles. The standard InChI is InChI=1S/C15H29N3O/c1-4-13-16-14(12(2)3)15(19)18(13)11-10-17-8-6-5-7-9-17/h12-14,16H,4-11H2,1-3H3. The number of hydrogen-bond donors (Lipinski definition) is 1. The van der Waals surface area contributed by atoms with Gasteiger partial charge in [-0.2, -0.15) is 0 Å². The van der Waals surface area contributed by atoms with Gasteiger partial charge in [0.05, 0.1) is 12.2 Å². The zero-order valence-corrected chi connectivity index (χ0v) is 12.7. The molecule has 2 fully saturated rings. The van der Waals surface area contributed by atoms with Crippen LogP contribution in [0.1, 0.15) is 46.5 Å². The molecule has 0 aromatic carbocycles. The van der Waals surface area contributed by atoms with Gasteiger partial charge in [0.2, 0.25) is 5.91 Å². The van der Waals surface area contributed by atoms with Crippen molar-refractivity contribution < 1.29 is 4.79 Å². The minimum Gasteiger partial charge on any atom is -0.325 e. The predicted molar refractivity (Wildman–Crippen MR) is 77.8 cm³/mol. The lowest BCUT2D eigenvalue weighted by Gasteiger charge is -2.30. The summed E-state index contributed by atoms with van der Waals surface area (Å²) >= 11 is 0. The molecule has 19 heavy (non-hydrogen) atoms. The topological polar surface area (TPSA) is 35.6 Å². The molecule has 4 nitrogen and oxygen atoms in total. The summed E-state index contributed by atoms with van der Waals surface area (Å²) in [6.45, 7) is 10.7. The summed E-state index contributed by atoms with van der Waals surface area (Å²) in [6.07, 6.45) is 5.24. The summed E-state index contributed by atoms with van der Waals surface area (Å²) in [5.74, 6) is 0.681. The molecular weight excluding hydrogens is 238 g/mol. The Bertz CT molecular complexity index is 300. The molecule has 0 aromatic heterocycles. The van der Waals surface area contributed by atoms with Gasteiger partial charge in [-0.1, -0.05) is 27.2 Å². The van der Waals surface area contributed by atoms with Crippen molar-refractivity contribution in [2.75, 3.05) is 26.2 Å². The van der Waals surface area contributed by atoms with E-state index in [1.54, 1.807) is 0 Å². The molecule has 2 atom stereocenters. The summed E-state index contributed by atoms with van der Waals surface area (Å²) in [5.41, 5.74) is 0. The molecule has 0 aliphatic carbocycles. The van der Waals surface area contributed by atoms with E-state index >= 15 is 0 Å². The molecule has 110 valence electrons. The quantitative estimate of drug-likeness (QED) is 0.823. The Labute approximate surface area is 117 Å². The summed E-state index contributed by atoms with van der Waals surface area (Å²) in [4.78, 5) is 17.0. The van der Waals surface area contributed by atoms with Gasteiger partial charge in [0.15, 0.2) is 0 Å². The Hall–Kier alpha value is -0.610. The van der Waals surface area contributed by atoms with Gasteiger partial charge in [0, 0.05) is 13.1 Å². The first-order chi connectivity index (χ1) is 9.13. The van der Waals surface area contributed by atoms with Crippen LogP contribution in [0.25, 0.3) is 0 Å². The fourth-order valence-corrected chi connectivity index (χ4v) is 3.21. The Morgan fingerprint density at radius 3 is 2.47 bits per heavy atom. The molecule has 2 heterocycles. The van der Waals surface area contributed by atoms with Crippen molar-refractivity contribution >= 4 is 5.91 Å². The maximum Gasteiger partial charge on any atom is 0.241 e. The maximum absolute atomic E-state index is 12.4. The van der Waals surface area contributed by atoms with Crippen LogP contribution in [0.4, 0.5) is 0 Å². The number of carbonyl (C=O) groups excluding carboxylic acids is 1. The first kappa shape index (κ1) is 14.8. The zero-order valence-electron chi connectivity index (χ0n) is 12.7. The van der Waals surface area contributed by atoms with E-state index in [1.807, 2.05) is 0 Å². The Morgan fingerprint density at radius 1 is 1.21 bits per heavy atom. The van der Waals surface area contributed by atoms with Crippen molar-refractivity contribution in [3.8, 4) is 0 Å². The summed E-state index contributed by atoms with van der Waals surface area (Å²) in [6, 6.07) is 0.0197. The smallest absolute Gasteiger partial charge is 0.241 e. The fourth-order valence-electron chi connectivity index (χ4n) is 3.21. The number of nitrogens with zero attached hydrogens (tertiary/aromatic N) is 2. The summed E-state index contributed by atoms with van der Waals surface area (Å²) in [5, 5.41) is 3.49. The van der Waals surface area contributed by atoms with Crippen LogP contribution in [0.2, 0.25) is 0 Å². The highest BCUT2D eigenvalue weighted by Gasteiger charge is 2.39. The highest BCUT2D eigenvalue weighted by Crippen LogP contribution is 2.19. The van der Waals surface area contributed by atoms with E-state index in [4.69, 9.17) is 0 Å².